The van der Waals surface area contributed by atoms with Crippen molar-refractivity contribution >= 4 is 23.2 Å². The molecule has 0 unspecified atom stereocenters. The fourth-order valence-electron chi connectivity index (χ4n) is 5.83. The number of nitrogens with one attached hydrogen (secondary N) is 1. The van der Waals surface area contributed by atoms with Crippen LogP contribution in [0.5, 0.6) is 0 Å². The molecule has 0 saturated carbocycles. The van der Waals surface area contributed by atoms with Gasteiger partial charge in [0.15, 0.2) is 11.5 Å². The number of morpholine rings is 1. The first-order valence-corrected chi connectivity index (χ1v) is 14.4. The van der Waals surface area contributed by atoms with Gasteiger partial charge in [-0.15, -0.1) is 0 Å². The lowest BCUT2D eigenvalue weighted by Crippen LogP contribution is -2.36. The Hall–Kier alpha value is -4.68. The highest BCUT2D eigenvalue weighted by atomic mass is 19.1. The molecule has 220 valence electrons. The van der Waals surface area contributed by atoms with Crippen molar-refractivity contribution in [2.75, 3.05) is 49.7 Å². The summed E-state index contributed by atoms with van der Waals surface area (Å²) < 4.78 is 28.4. The Morgan fingerprint density at radius 3 is 2.53 bits per heavy atom. The van der Waals surface area contributed by atoms with Crippen LogP contribution < -0.4 is 10.2 Å². The summed E-state index contributed by atoms with van der Waals surface area (Å²) in [6.45, 7) is 4.10. The van der Waals surface area contributed by atoms with E-state index in [1.165, 1.54) is 12.1 Å². The average Bonchev–Trinajstić information content (AvgIpc) is 3.61. The maximum atomic E-state index is 13.8. The number of ether oxygens (including phenoxy) is 2. The molecular weight excluding hydrogens is 551 g/mol. The number of hydrogen-bond acceptors (Lipinski definition) is 8. The summed E-state index contributed by atoms with van der Waals surface area (Å²) in [7, 11) is 1.94. The minimum Gasteiger partial charge on any atom is -0.381 e. The monoisotopic (exact) mass is 582 g/mol. The first-order valence-electron chi connectivity index (χ1n) is 14.4. The fraction of sp³-hybridized carbons (Fsp3) is 0.323. The zero-order chi connectivity index (χ0) is 29.3. The molecule has 0 radical (unpaired) electrons. The summed E-state index contributed by atoms with van der Waals surface area (Å²) in [6, 6.07) is 13.6. The summed E-state index contributed by atoms with van der Waals surface area (Å²) in [5.41, 5.74) is 5.29. The highest BCUT2D eigenvalue weighted by Gasteiger charge is 2.28. The van der Waals surface area contributed by atoms with E-state index in [4.69, 9.17) is 19.7 Å². The number of anilines is 2. The van der Waals surface area contributed by atoms with Crippen LogP contribution in [-0.2, 0) is 16.5 Å². The molecule has 2 aliphatic heterocycles. The van der Waals surface area contributed by atoms with Crippen LogP contribution in [0.2, 0.25) is 0 Å². The van der Waals surface area contributed by atoms with Gasteiger partial charge in [-0.05, 0) is 61.4 Å². The van der Waals surface area contributed by atoms with E-state index < -0.39 is 0 Å². The van der Waals surface area contributed by atoms with Gasteiger partial charge in [-0.2, -0.15) is 10.2 Å². The lowest BCUT2D eigenvalue weighted by molar-refractivity contribution is 0.0838. The van der Waals surface area contributed by atoms with Crippen LogP contribution in [0.4, 0.5) is 16.0 Å². The molecule has 2 fully saturated rings. The summed E-state index contributed by atoms with van der Waals surface area (Å²) in [6.07, 6.45) is 5.09. The number of halogens is 1. The second kappa shape index (κ2) is 11.5. The average molecular weight is 583 g/mol. The number of carbonyl (C=O) groups excluding carboxylic acids is 1. The third-order valence-corrected chi connectivity index (χ3v) is 7.98. The molecule has 0 aliphatic carbocycles. The van der Waals surface area contributed by atoms with E-state index in [0.29, 0.717) is 49.1 Å². The molecule has 2 aliphatic rings. The number of nitrogens with zero attached hydrogens (tertiary/aromatic N) is 7. The minimum atomic E-state index is -0.303. The smallest absolute Gasteiger partial charge is 0.257 e. The predicted octanol–water partition coefficient (Wildman–Crippen LogP) is 4.31. The molecule has 0 atom stereocenters. The first-order chi connectivity index (χ1) is 21.0. The third-order valence-electron chi connectivity index (χ3n) is 7.98. The molecule has 1 aromatic carbocycles. The zero-order valence-electron chi connectivity index (χ0n) is 23.7. The number of aryl methyl sites for hydroxylation is 1. The number of imidazole rings is 1. The Balaban J connectivity index is 1.21. The normalized spacial score (nSPS) is 16.1. The van der Waals surface area contributed by atoms with Crippen LogP contribution >= 0.6 is 0 Å². The molecule has 4 aromatic heterocycles. The van der Waals surface area contributed by atoms with Crippen molar-refractivity contribution in [3.05, 3.63) is 78.0 Å². The molecule has 43 heavy (non-hydrogen) atoms. The molecule has 5 aromatic rings. The number of carbonyl (C=O) groups is 1. The van der Waals surface area contributed by atoms with Gasteiger partial charge in [0, 0.05) is 56.6 Å². The largest absolute Gasteiger partial charge is 0.381 e. The zero-order valence-corrected chi connectivity index (χ0v) is 23.7. The van der Waals surface area contributed by atoms with Gasteiger partial charge in [0.05, 0.1) is 36.4 Å². The topological polar surface area (TPSA) is 112 Å². The van der Waals surface area contributed by atoms with Gasteiger partial charge >= 0.3 is 0 Å². The molecule has 2 saturated heterocycles. The van der Waals surface area contributed by atoms with Crippen molar-refractivity contribution in [2.45, 2.75) is 18.8 Å². The maximum absolute atomic E-state index is 13.8. The highest BCUT2D eigenvalue weighted by molar-refractivity contribution is 6.04. The van der Waals surface area contributed by atoms with Crippen LogP contribution in [0.25, 0.3) is 28.2 Å². The second-order valence-corrected chi connectivity index (χ2v) is 10.7. The van der Waals surface area contributed by atoms with Gasteiger partial charge in [0.2, 0.25) is 0 Å². The standard InChI is InChI=1S/C31H31FN8O3/c1-38-30(21-9-14-42-15-10-21)28(29(37-38)20-2-4-23(32)5-3-20)24-6-7-26-34-25(19-40(26)36-24)35-31(41)22-8-11-33-27(18-22)39-12-16-43-17-13-39/h2-8,11,18-19,21H,9-10,12-17H2,1H3,(H,35,41). The van der Waals surface area contributed by atoms with Crippen molar-refractivity contribution in [3.63, 3.8) is 0 Å². The van der Waals surface area contributed by atoms with E-state index in [1.807, 2.05) is 23.9 Å². The number of hydrogen-bond donors (Lipinski definition) is 1. The summed E-state index contributed by atoms with van der Waals surface area (Å²) in [4.78, 5) is 24.3. The first kappa shape index (κ1) is 27.2. The molecule has 0 bridgehead atoms. The molecule has 0 spiro atoms. The third kappa shape index (κ3) is 5.46. The molecule has 1 amide bonds. The van der Waals surface area contributed by atoms with Gasteiger partial charge < -0.3 is 19.7 Å². The van der Waals surface area contributed by atoms with E-state index in [2.05, 4.69) is 20.2 Å². The van der Waals surface area contributed by atoms with Crippen molar-refractivity contribution in [1.29, 1.82) is 0 Å². The van der Waals surface area contributed by atoms with Crippen LogP contribution in [-0.4, -0.2) is 74.8 Å². The highest BCUT2D eigenvalue weighted by Crippen LogP contribution is 2.40. The lowest BCUT2D eigenvalue weighted by atomic mass is 9.90. The van der Waals surface area contributed by atoms with Gasteiger partial charge in [-0.1, -0.05) is 0 Å². The van der Waals surface area contributed by atoms with E-state index in [-0.39, 0.29) is 17.6 Å². The van der Waals surface area contributed by atoms with Crippen LogP contribution in [0.15, 0.2) is 60.9 Å². The van der Waals surface area contributed by atoms with Gasteiger partial charge in [0.25, 0.3) is 5.91 Å². The predicted molar refractivity (Wildman–Crippen MR) is 159 cm³/mol. The number of rotatable bonds is 6. The number of aromatic nitrogens is 6. The number of fused-ring (bicyclic) bond motifs is 1. The number of amides is 1. The van der Waals surface area contributed by atoms with Crippen LogP contribution in [0.3, 0.4) is 0 Å². The minimum absolute atomic E-state index is 0.244. The fourth-order valence-corrected chi connectivity index (χ4v) is 5.83. The maximum Gasteiger partial charge on any atom is 0.257 e. The quantitative estimate of drug-likeness (QED) is 0.315. The molecule has 1 N–H and O–H groups in total. The van der Waals surface area contributed by atoms with Crippen molar-refractivity contribution in [3.8, 4) is 22.5 Å². The summed E-state index contributed by atoms with van der Waals surface area (Å²) >= 11 is 0. The van der Waals surface area contributed by atoms with Gasteiger partial charge in [-0.3, -0.25) is 9.48 Å². The van der Waals surface area contributed by atoms with E-state index in [0.717, 1.165) is 54.3 Å². The molecule has 6 heterocycles. The molecule has 11 nitrogen and oxygen atoms in total. The van der Waals surface area contributed by atoms with Crippen molar-refractivity contribution in [2.24, 2.45) is 7.05 Å². The van der Waals surface area contributed by atoms with Crippen molar-refractivity contribution < 1.29 is 18.7 Å². The lowest BCUT2D eigenvalue weighted by Gasteiger charge is -2.27. The SMILES string of the molecule is Cn1nc(-c2ccc(F)cc2)c(-c2ccc3nc(NC(=O)c4ccnc(N5CCOCC5)c4)cn3n2)c1C1CCOCC1. The Morgan fingerprint density at radius 1 is 0.977 bits per heavy atom. The number of pyridine rings is 1. The molecule has 12 heteroatoms. The van der Waals surface area contributed by atoms with Crippen LogP contribution in [0.1, 0.15) is 34.8 Å². The van der Waals surface area contributed by atoms with Gasteiger partial charge in [-0.25, -0.2) is 18.9 Å². The summed E-state index contributed by atoms with van der Waals surface area (Å²) in [5.74, 6) is 0.781. The Kier molecular flexibility index (Phi) is 7.29. The second-order valence-electron chi connectivity index (χ2n) is 10.7. The Morgan fingerprint density at radius 2 is 1.74 bits per heavy atom. The van der Waals surface area contributed by atoms with Gasteiger partial charge in [0.1, 0.15) is 17.3 Å². The number of benzene rings is 1. The van der Waals surface area contributed by atoms with Crippen LogP contribution in [0, 0.1) is 5.82 Å². The van der Waals surface area contributed by atoms with Crippen molar-refractivity contribution in [1.82, 2.24) is 29.4 Å². The van der Waals surface area contributed by atoms with E-state index in [1.54, 1.807) is 41.2 Å². The summed E-state index contributed by atoms with van der Waals surface area (Å²) in [5, 5.41) is 12.7. The Labute approximate surface area is 247 Å². The van der Waals surface area contributed by atoms with E-state index in [9.17, 15) is 9.18 Å². The molecule has 7 rings (SSSR count). The van der Waals surface area contributed by atoms with E-state index >= 15 is 0 Å². The molecular formula is C31H31FN8O3. The Bertz CT molecular complexity index is 1770.